The van der Waals surface area contributed by atoms with E-state index in [0.29, 0.717) is 27.2 Å². The van der Waals surface area contributed by atoms with Gasteiger partial charge in [-0.15, -0.1) is 0 Å². The van der Waals surface area contributed by atoms with Crippen LogP contribution in [0.1, 0.15) is 12.8 Å². The maximum absolute atomic E-state index is 11.6. The van der Waals surface area contributed by atoms with Gasteiger partial charge in [0, 0.05) is 6.42 Å². The number of benzene rings is 1. The van der Waals surface area contributed by atoms with Crippen molar-refractivity contribution >= 4 is 46.4 Å². The Morgan fingerprint density at radius 3 is 2.47 bits per heavy atom. The second-order valence-corrected chi connectivity index (χ2v) is 4.72. The number of hydrogen-bond donors (Lipinski definition) is 2. The molecule has 1 rings (SSSR count). The van der Waals surface area contributed by atoms with Gasteiger partial charge in [-0.2, -0.15) is 0 Å². The standard InChI is InChI=1S/C11H13Cl3N2O/c1-15-4-2-3-11(17)16-10-6-8(13)7(12)5-9(10)14/h5-6,15H,2-4H2,1H3,(H,16,17). The van der Waals surface area contributed by atoms with Crippen molar-refractivity contribution in [2.24, 2.45) is 0 Å². The summed E-state index contributed by atoms with van der Waals surface area (Å²) < 4.78 is 0. The fraction of sp³-hybridized carbons (Fsp3) is 0.364. The quantitative estimate of drug-likeness (QED) is 0.644. The summed E-state index contributed by atoms with van der Waals surface area (Å²) in [6.07, 6.45) is 1.19. The first-order chi connectivity index (χ1) is 8.04. The highest BCUT2D eigenvalue weighted by Gasteiger charge is 2.08. The zero-order chi connectivity index (χ0) is 12.8. The normalized spacial score (nSPS) is 10.4. The van der Waals surface area contributed by atoms with Crippen LogP contribution in [-0.2, 0) is 4.79 Å². The number of carbonyl (C=O) groups is 1. The summed E-state index contributed by atoms with van der Waals surface area (Å²) in [6.45, 7) is 0.794. The number of halogens is 3. The minimum absolute atomic E-state index is 0.0967. The summed E-state index contributed by atoms with van der Waals surface area (Å²) in [6, 6.07) is 3.05. The van der Waals surface area contributed by atoms with Gasteiger partial charge in [0.25, 0.3) is 0 Å². The Labute approximate surface area is 115 Å². The number of carbonyl (C=O) groups excluding carboxylic acids is 1. The number of nitrogens with one attached hydrogen (secondary N) is 2. The lowest BCUT2D eigenvalue weighted by Gasteiger charge is -2.08. The largest absolute Gasteiger partial charge is 0.325 e. The van der Waals surface area contributed by atoms with E-state index in [1.165, 1.54) is 6.07 Å². The molecule has 0 heterocycles. The minimum Gasteiger partial charge on any atom is -0.325 e. The molecule has 1 aromatic carbocycles. The average molecular weight is 296 g/mol. The number of anilines is 1. The zero-order valence-electron chi connectivity index (χ0n) is 9.32. The lowest BCUT2D eigenvalue weighted by atomic mass is 10.2. The summed E-state index contributed by atoms with van der Waals surface area (Å²) in [7, 11) is 1.84. The first-order valence-electron chi connectivity index (χ1n) is 5.13. The summed E-state index contributed by atoms with van der Waals surface area (Å²) >= 11 is 17.6. The molecular formula is C11H13Cl3N2O. The third-order valence-electron chi connectivity index (χ3n) is 2.11. The van der Waals surface area contributed by atoms with Crippen molar-refractivity contribution in [1.82, 2.24) is 5.32 Å². The molecule has 0 aliphatic rings. The second kappa shape index (κ2) is 7.07. The third kappa shape index (κ3) is 4.72. The molecule has 0 aromatic heterocycles. The Kier molecular flexibility index (Phi) is 6.06. The summed E-state index contributed by atoms with van der Waals surface area (Å²) in [5.74, 6) is -0.0967. The molecule has 94 valence electrons. The summed E-state index contributed by atoms with van der Waals surface area (Å²) in [5.41, 5.74) is 0.482. The van der Waals surface area contributed by atoms with Crippen molar-refractivity contribution in [2.75, 3.05) is 18.9 Å². The molecule has 17 heavy (non-hydrogen) atoms. The predicted octanol–water partition coefficient (Wildman–Crippen LogP) is 3.58. The molecule has 6 heteroatoms. The van der Waals surface area contributed by atoms with Crippen LogP contribution in [0.25, 0.3) is 0 Å². The van der Waals surface area contributed by atoms with Gasteiger partial charge in [-0.05, 0) is 32.1 Å². The third-order valence-corrected chi connectivity index (χ3v) is 3.15. The van der Waals surface area contributed by atoms with Crippen LogP contribution in [0.4, 0.5) is 5.69 Å². The van der Waals surface area contributed by atoms with Gasteiger partial charge in [0.1, 0.15) is 0 Å². The molecule has 1 amide bonds. The lowest BCUT2D eigenvalue weighted by molar-refractivity contribution is -0.116. The highest BCUT2D eigenvalue weighted by Crippen LogP contribution is 2.32. The Morgan fingerprint density at radius 2 is 1.82 bits per heavy atom. The molecule has 3 nitrogen and oxygen atoms in total. The van der Waals surface area contributed by atoms with Crippen molar-refractivity contribution in [3.63, 3.8) is 0 Å². The van der Waals surface area contributed by atoms with E-state index in [-0.39, 0.29) is 5.91 Å². The molecule has 0 unspecified atom stereocenters. The van der Waals surface area contributed by atoms with Gasteiger partial charge in [-0.3, -0.25) is 4.79 Å². The van der Waals surface area contributed by atoms with E-state index in [1.807, 2.05) is 7.05 Å². The summed E-state index contributed by atoms with van der Waals surface area (Å²) in [5, 5.41) is 6.77. The maximum atomic E-state index is 11.6. The van der Waals surface area contributed by atoms with Crippen LogP contribution in [0.3, 0.4) is 0 Å². The van der Waals surface area contributed by atoms with Crippen LogP contribution in [0, 0.1) is 0 Å². The molecule has 0 saturated carbocycles. The van der Waals surface area contributed by atoms with Crippen molar-refractivity contribution < 1.29 is 4.79 Å². The van der Waals surface area contributed by atoms with Crippen LogP contribution in [-0.4, -0.2) is 19.5 Å². The van der Waals surface area contributed by atoms with Gasteiger partial charge in [0.15, 0.2) is 0 Å². The number of rotatable bonds is 5. The summed E-state index contributed by atoms with van der Waals surface area (Å²) in [4.78, 5) is 11.6. The van der Waals surface area contributed by atoms with Gasteiger partial charge in [0.05, 0.1) is 20.8 Å². The Morgan fingerprint density at radius 1 is 1.18 bits per heavy atom. The first-order valence-corrected chi connectivity index (χ1v) is 6.27. The molecule has 0 aliphatic heterocycles. The maximum Gasteiger partial charge on any atom is 0.224 e. The monoisotopic (exact) mass is 294 g/mol. The molecule has 0 saturated heterocycles. The highest BCUT2D eigenvalue weighted by molar-refractivity contribution is 6.44. The van der Waals surface area contributed by atoms with Crippen molar-refractivity contribution in [1.29, 1.82) is 0 Å². The first kappa shape index (κ1) is 14.6. The molecule has 0 aliphatic carbocycles. The van der Waals surface area contributed by atoms with Crippen LogP contribution in [0.5, 0.6) is 0 Å². The van der Waals surface area contributed by atoms with Crippen LogP contribution < -0.4 is 10.6 Å². The van der Waals surface area contributed by atoms with E-state index in [1.54, 1.807) is 6.07 Å². The van der Waals surface area contributed by atoms with Crippen molar-refractivity contribution in [2.45, 2.75) is 12.8 Å². The van der Waals surface area contributed by atoms with E-state index in [9.17, 15) is 4.79 Å². The molecule has 2 N–H and O–H groups in total. The van der Waals surface area contributed by atoms with Crippen molar-refractivity contribution in [3.05, 3.63) is 27.2 Å². The highest BCUT2D eigenvalue weighted by atomic mass is 35.5. The molecule has 0 fully saturated rings. The Bertz CT molecular complexity index is 410. The molecular weight excluding hydrogens is 282 g/mol. The van der Waals surface area contributed by atoms with Crippen molar-refractivity contribution in [3.8, 4) is 0 Å². The number of amides is 1. The van der Waals surface area contributed by atoms with Crippen LogP contribution in [0.2, 0.25) is 15.1 Å². The van der Waals surface area contributed by atoms with E-state index >= 15 is 0 Å². The minimum atomic E-state index is -0.0967. The van der Waals surface area contributed by atoms with Crippen LogP contribution >= 0.6 is 34.8 Å². The fourth-order valence-electron chi connectivity index (χ4n) is 1.26. The average Bonchev–Trinajstić information content (AvgIpc) is 2.26. The Balaban J connectivity index is 2.62. The van der Waals surface area contributed by atoms with E-state index in [2.05, 4.69) is 10.6 Å². The molecule has 0 radical (unpaired) electrons. The second-order valence-electron chi connectivity index (χ2n) is 3.50. The topological polar surface area (TPSA) is 41.1 Å². The molecule has 0 atom stereocenters. The molecule has 0 bridgehead atoms. The van der Waals surface area contributed by atoms with E-state index in [0.717, 1.165) is 13.0 Å². The zero-order valence-corrected chi connectivity index (χ0v) is 11.6. The van der Waals surface area contributed by atoms with Gasteiger partial charge in [0.2, 0.25) is 5.91 Å². The smallest absolute Gasteiger partial charge is 0.224 e. The molecule has 1 aromatic rings. The SMILES string of the molecule is CNCCCC(=O)Nc1cc(Cl)c(Cl)cc1Cl. The van der Waals surface area contributed by atoms with Gasteiger partial charge in [-0.25, -0.2) is 0 Å². The lowest BCUT2D eigenvalue weighted by Crippen LogP contribution is -2.15. The van der Waals surface area contributed by atoms with Crippen LogP contribution in [0.15, 0.2) is 12.1 Å². The van der Waals surface area contributed by atoms with E-state index < -0.39 is 0 Å². The Hall–Kier alpha value is -0.480. The van der Waals surface area contributed by atoms with Gasteiger partial charge in [-0.1, -0.05) is 34.8 Å². The van der Waals surface area contributed by atoms with Gasteiger partial charge < -0.3 is 10.6 Å². The predicted molar refractivity (Wildman–Crippen MR) is 73.3 cm³/mol. The number of hydrogen-bond acceptors (Lipinski definition) is 2. The van der Waals surface area contributed by atoms with Gasteiger partial charge >= 0.3 is 0 Å². The van der Waals surface area contributed by atoms with E-state index in [4.69, 9.17) is 34.8 Å². The fourth-order valence-corrected chi connectivity index (χ4v) is 1.85. The molecule has 0 spiro atoms.